The lowest BCUT2D eigenvalue weighted by molar-refractivity contribution is -0.283. The number of ether oxygens (including phenoxy) is 4. The van der Waals surface area contributed by atoms with Gasteiger partial charge in [0.1, 0.15) is 29.5 Å². The average Bonchev–Trinajstić information content (AvgIpc) is 3.08. The zero-order valence-corrected chi connectivity index (χ0v) is 35.5. The Morgan fingerprint density at radius 1 is 0.906 bits per heavy atom. The molecule has 0 amide bonds. The van der Waals surface area contributed by atoms with Gasteiger partial charge in [0.05, 0.1) is 38.6 Å². The molecule has 4 rings (SSSR count). The van der Waals surface area contributed by atoms with Gasteiger partial charge in [-0.3, -0.25) is 0 Å². The van der Waals surface area contributed by atoms with Crippen LogP contribution in [-0.4, -0.2) is 79.4 Å². The Hall–Kier alpha value is -2.88. The Labute approximate surface area is 318 Å². The highest BCUT2D eigenvalue weighted by atomic mass is 28.4. The van der Waals surface area contributed by atoms with E-state index in [1.165, 1.54) is 13.2 Å². The first-order valence-electron chi connectivity index (χ1n) is 18.6. The van der Waals surface area contributed by atoms with Crippen LogP contribution in [0.1, 0.15) is 66.6 Å². The predicted molar refractivity (Wildman–Crippen MR) is 215 cm³/mol. The van der Waals surface area contributed by atoms with Gasteiger partial charge in [-0.1, -0.05) is 108 Å². The lowest BCUT2D eigenvalue weighted by atomic mass is 9.65. The minimum atomic E-state index is -3.09. The number of rotatable bonds is 17. The summed E-state index contributed by atoms with van der Waals surface area (Å²) in [6.07, 6.45) is 1.35. The van der Waals surface area contributed by atoms with E-state index in [4.69, 9.17) is 32.2 Å². The maximum Gasteiger partial charge on any atom is 0.339 e. The van der Waals surface area contributed by atoms with Crippen LogP contribution in [-0.2, 0) is 29.5 Å². The van der Waals surface area contributed by atoms with Gasteiger partial charge >= 0.3 is 5.63 Å². The van der Waals surface area contributed by atoms with Crippen LogP contribution in [0.2, 0.25) is 23.2 Å². The van der Waals surface area contributed by atoms with Gasteiger partial charge in [-0.15, -0.1) is 6.58 Å². The standard InChI is InChI=1S/C42H62O9Si2/c1-12-23-42(48-31-47-25-24-45-8)37(51-52(10,11)39(2,3)4)27-34(30-41(42,44)29-33-26-32(46-9)28-38(43)49-33)50-53(40(5,6)7,35-19-15-13-16-20-35)36-21-17-14-18-22-36/h12-22,26,28,34,37,44H,1,23-25,27,29-31H2,2-11H3/t34-,37+,41+,42+/m1/s1. The highest BCUT2D eigenvalue weighted by molar-refractivity contribution is 6.99. The summed E-state index contributed by atoms with van der Waals surface area (Å²) in [4.78, 5) is 12.8. The van der Waals surface area contributed by atoms with Crippen molar-refractivity contribution in [1.82, 2.24) is 0 Å². The van der Waals surface area contributed by atoms with E-state index < -0.39 is 45.7 Å². The fraction of sp³-hybridized carbons (Fsp3) is 0.548. The minimum Gasteiger partial charge on any atom is -0.496 e. The molecular weight excluding hydrogens is 705 g/mol. The molecule has 1 heterocycles. The summed E-state index contributed by atoms with van der Waals surface area (Å²) in [6, 6.07) is 23.9. The van der Waals surface area contributed by atoms with Gasteiger partial charge in [0, 0.05) is 32.4 Å². The number of methoxy groups -OCH3 is 2. The second-order valence-corrected chi connectivity index (χ2v) is 25.8. The van der Waals surface area contributed by atoms with Gasteiger partial charge in [-0.05, 0) is 40.0 Å². The van der Waals surface area contributed by atoms with E-state index in [2.05, 4.69) is 110 Å². The summed E-state index contributed by atoms with van der Waals surface area (Å²) in [5.74, 6) is 0.592. The van der Waals surface area contributed by atoms with Crippen LogP contribution in [0.15, 0.2) is 94.7 Å². The Morgan fingerprint density at radius 2 is 1.51 bits per heavy atom. The fourth-order valence-electron chi connectivity index (χ4n) is 7.46. The summed E-state index contributed by atoms with van der Waals surface area (Å²) in [5, 5.41) is 15.3. The van der Waals surface area contributed by atoms with Crippen molar-refractivity contribution in [2.24, 2.45) is 0 Å². The first kappa shape index (κ1) is 42.9. The number of hydrogen-bond donors (Lipinski definition) is 1. The highest BCUT2D eigenvalue weighted by Crippen LogP contribution is 2.51. The third-order valence-corrected chi connectivity index (χ3v) is 20.7. The van der Waals surface area contributed by atoms with Crippen molar-refractivity contribution in [3.8, 4) is 5.75 Å². The van der Waals surface area contributed by atoms with Gasteiger partial charge in [-0.25, -0.2) is 4.79 Å². The van der Waals surface area contributed by atoms with E-state index in [1.54, 1.807) is 19.3 Å². The molecule has 0 aliphatic heterocycles. The molecule has 1 aliphatic carbocycles. The molecule has 0 bridgehead atoms. The summed E-state index contributed by atoms with van der Waals surface area (Å²) < 4.78 is 44.3. The van der Waals surface area contributed by atoms with Gasteiger partial charge in [0.2, 0.25) is 0 Å². The Morgan fingerprint density at radius 3 is 2.02 bits per heavy atom. The summed E-state index contributed by atoms with van der Waals surface area (Å²) in [7, 11) is -2.51. The van der Waals surface area contributed by atoms with Crippen molar-refractivity contribution in [3.05, 3.63) is 102 Å². The van der Waals surface area contributed by atoms with Crippen molar-refractivity contribution >= 4 is 27.0 Å². The van der Waals surface area contributed by atoms with Crippen LogP contribution < -0.4 is 20.7 Å². The maximum atomic E-state index is 13.5. The van der Waals surface area contributed by atoms with E-state index in [9.17, 15) is 9.90 Å². The second kappa shape index (κ2) is 17.3. The number of hydrogen-bond acceptors (Lipinski definition) is 9. The topological polar surface area (TPSA) is 106 Å². The number of aliphatic hydroxyl groups is 1. The molecular formula is C42H62O9Si2. The minimum absolute atomic E-state index is 0.0800. The zero-order valence-electron chi connectivity index (χ0n) is 33.5. The lowest BCUT2D eigenvalue weighted by Crippen LogP contribution is -2.73. The van der Waals surface area contributed by atoms with Crippen LogP contribution in [0.5, 0.6) is 5.75 Å². The quantitative estimate of drug-likeness (QED) is 0.0673. The molecule has 4 atom stereocenters. The van der Waals surface area contributed by atoms with Crippen molar-refractivity contribution in [2.75, 3.05) is 34.2 Å². The van der Waals surface area contributed by atoms with E-state index >= 15 is 0 Å². The lowest BCUT2D eigenvalue weighted by Gasteiger charge is -2.58. The molecule has 53 heavy (non-hydrogen) atoms. The number of benzene rings is 2. The van der Waals surface area contributed by atoms with Crippen molar-refractivity contribution < 1.29 is 37.3 Å². The molecule has 1 N–H and O–H groups in total. The van der Waals surface area contributed by atoms with Crippen molar-refractivity contribution in [3.63, 3.8) is 0 Å². The van der Waals surface area contributed by atoms with Gasteiger partial charge in [0.25, 0.3) is 8.32 Å². The van der Waals surface area contributed by atoms with Gasteiger partial charge in [0.15, 0.2) is 8.32 Å². The molecule has 11 heteroatoms. The Balaban J connectivity index is 1.98. The van der Waals surface area contributed by atoms with Crippen molar-refractivity contribution in [2.45, 2.75) is 114 Å². The van der Waals surface area contributed by atoms with Crippen LogP contribution in [0.25, 0.3) is 0 Å². The molecule has 1 aromatic heterocycles. The first-order chi connectivity index (χ1) is 24.9. The van der Waals surface area contributed by atoms with Crippen LogP contribution in [0, 0.1) is 0 Å². The third-order valence-electron chi connectivity index (χ3n) is 11.1. The molecule has 9 nitrogen and oxygen atoms in total. The highest BCUT2D eigenvalue weighted by Gasteiger charge is 2.64. The van der Waals surface area contributed by atoms with Gasteiger partial charge in [-0.2, -0.15) is 0 Å². The molecule has 3 aromatic rings. The molecule has 292 valence electrons. The summed E-state index contributed by atoms with van der Waals surface area (Å²) in [5.41, 5.74) is -3.65. The molecule has 1 saturated carbocycles. The normalized spacial score (nSPS) is 22.8. The molecule has 1 aliphatic rings. The smallest absolute Gasteiger partial charge is 0.339 e. The first-order valence-corrected chi connectivity index (χ1v) is 23.4. The van der Waals surface area contributed by atoms with Crippen LogP contribution in [0.4, 0.5) is 0 Å². The van der Waals surface area contributed by atoms with E-state index in [0.717, 1.165) is 10.4 Å². The molecule has 0 spiro atoms. The van der Waals surface area contributed by atoms with Crippen LogP contribution >= 0.6 is 0 Å². The molecule has 1 fully saturated rings. The monoisotopic (exact) mass is 766 g/mol. The summed E-state index contributed by atoms with van der Waals surface area (Å²) >= 11 is 0. The SMILES string of the molecule is C=CC[C@]1(OCOCCOC)[C@@H](O[Si](C)(C)C(C)(C)C)C[C@@H](O[Si](c2ccccc2)(c2ccccc2)C(C)(C)C)C[C@@]1(O)Cc1cc(OC)cc(=O)o1. The molecule has 0 saturated heterocycles. The van der Waals surface area contributed by atoms with E-state index in [-0.39, 0.29) is 41.9 Å². The summed E-state index contributed by atoms with van der Waals surface area (Å²) in [6.45, 7) is 22.4. The Kier molecular flexibility index (Phi) is 14.0. The third kappa shape index (κ3) is 9.33. The predicted octanol–water partition coefficient (Wildman–Crippen LogP) is 7.00. The zero-order chi connectivity index (χ0) is 39.1. The van der Waals surface area contributed by atoms with Gasteiger partial charge < -0.3 is 37.3 Å². The van der Waals surface area contributed by atoms with E-state index in [0.29, 0.717) is 25.4 Å². The van der Waals surface area contributed by atoms with Crippen LogP contribution in [0.3, 0.4) is 0 Å². The maximum absolute atomic E-state index is 13.5. The Bertz CT molecular complexity index is 1630. The molecule has 0 radical (unpaired) electrons. The molecule has 2 aromatic carbocycles. The largest absolute Gasteiger partial charge is 0.496 e. The second-order valence-electron chi connectivity index (χ2n) is 16.7. The average molecular weight is 767 g/mol. The fourth-order valence-corrected chi connectivity index (χ4v) is 13.5. The molecule has 0 unspecified atom stereocenters. The van der Waals surface area contributed by atoms with Crippen molar-refractivity contribution in [1.29, 1.82) is 0 Å². The van der Waals surface area contributed by atoms with E-state index in [1.807, 2.05) is 12.1 Å².